The number of hydrogen-bond acceptors (Lipinski definition) is 9. The van der Waals surface area contributed by atoms with E-state index in [1.165, 1.54) is 0 Å². The first-order valence-electron chi connectivity index (χ1n) is 11.8. The number of nitrogens with zero attached hydrogens (tertiary/aromatic N) is 2. The average molecular weight is 521 g/mol. The zero-order valence-corrected chi connectivity index (χ0v) is 20.6. The van der Waals surface area contributed by atoms with Crippen LogP contribution in [0.15, 0.2) is 35.5 Å². The van der Waals surface area contributed by atoms with Gasteiger partial charge < -0.3 is 34.5 Å². The fourth-order valence-corrected chi connectivity index (χ4v) is 4.45. The molecule has 3 aliphatic heterocycles. The number of hydrogen-bond donors (Lipinski definition) is 3. The third-order valence-corrected chi connectivity index (χ3v) is 6.69. The number of amides is 1. The number of likely N-dealkylation sites (tertiary alicyclic amines) is 1. The van der Waals surface area contributed by atoms with E-state index >= 15 is 0 Å². The largest absolute Gasteiger partial charge is 0.507 e. The van der Waals surface area contributed by atoms with E-state index in [9.17, 15) is 24.9 Å². The van der Waals surface area contributed by atoms with E-state index in [-0.39, 0.29) is 53.0 Å². The van der Waals surface area contributed by atoms with Gasteiger partial charge in [0.15, 0.2) is 6.61 Å². The number of phenolic OH excluding ortho intramolecular Hbond substituents is 2. The molecule has 3 aliphatic rings. The summed E-state index contributed by atoms with van der Waals surface area (Å²) in [6.45, 7) is 2.30. The maximum atomic E-state index is 13.0. The Morgan fingerprint density at radius 2 is 2.00 bits per heavy atom. The molecule has 3 N–H and O–H groups in total. The number of esters is 1. The Balaban J connectivity index is 1.59. The van der Waals surface area contributed by atoms with Crippen LogP contribution in [0.25, 0.3) is 0 Å². The first kappa shape index (κ1) is 26.0. The summed E-state index contributed by atoms with van der Waals surface area (Å²) < 4.78 is 11.1. The van der Waals surface area contributed by atoms with E-state index < -0.39 is 29.7 Å². The molecule has 2 fully saturated rings. The smallest absolute Gasteiger partial charge is 0.342 e. The number of carbonyl (C=O) groups excluding carboxylic acids is 2. The second-order valence-electron chi connectivity index (χ2n) is 9.06. The lowest BCUT2D eigenvalue weighted by atomic mass is 9.99. The second-order valence-corrected chi connectivity index (χ2v) is 9.44. The fourth-order valence-electron chi connectivity index (χ4n) is 4.23. The van der Waals surface area contributed by atoms with Gasteiger partial charge in [-0.15, -0.1) is 0 Å². The van der Waals surface area contributed by atoms with E-state index in [0.29, 0.717) is 32.4 Å². The zero-order valence-electron chi connectivity index (χ0n) is 19.8. The highest BCUT2D eigenvalue weighted by Crippen LogP contribution is 2.38. The van der Waals surface area contributed by atoms with Gasteiger partial charge in [0.1, 0.15) is 29.3 Å². The molecular weight excluding hydrogens is 492 g/mol. The molecule has 3 atom stereocenters. The van der Waals surface area contributed by atoms with Gasteiger partial charge >= 0.3 is 5.97 Å². The maximum absolute atomic E-state index is 13.0. The maximum Gasteiger partial charge on any atom is 0.342 e. The van der Waals surface area contributed by atoms with Gasteiger partial charge in [0, 0.05) is 32.0 Å². The summed E-state index contributed by atoms with van der Waals surface area (Å²) in [4.78, 5) is 32.3. The molecule has 194 valence electrons. The number of oxime groups is 1. The zero-order chi connectivity index (χ0) is 25.8. The van der Waals surface area contributed by atoms with Crippen molar-refractivity contribution < 1.29 is 39.2 Å². The highest BCUT2D eigenvalue weighted by Gasteiger charge is 2.38. The summed E-state index contributed by atoms with van der Waals surface area (Å²) in [6.07, 6.45) is 7.30. The lowest BCUT2D eigenvalue weighted by Gasteiger charge is -2.29. The van der Waals surface area contributed by atoms with Crippen LogP contribution in [-0.2, 0) is 25.5 Å². The molecule has 0 saturated carbocycles. The lowest BCUT2D eigenvalue weighted by Crippen LogP contribution is -2.41. The number of aliphatic hydroxyl groups excluding tert-OH is 1. The number of halogens is 1. The predicted molar refractivity (Wildman–Crippen MR) is 130 cm³/mol. The van der Waals surface area contributed by atoms with Crippen molar-refractivity contribution in [2.75, 3.05) is 19.7 Å². The summed E-state index contributed by atoms with van der Waals surface area (Å²) in [5, 5.41) is 34.2. The molecule has 2 saturated heterocycles. The number of phenols is 2. The SMILES string of the molecule is C[C@@H]1C[C@H]2O[C@@H]2\C=C/C=C/C(=N\OCC(=O)N2CCC(O)CC2)Cc2c(Cl)c(O)cc(O)c2C(=O)O1. The van der Waals surface area contributed by atoms with Crippen molar-refractivity contribution in [2.45, 2.75) is 57.0 Å². The normalized spacial score (nSPS) is 27.9. The van der Waals surface area contributed by atoms with Crippen molar-refractivity contribution in [2.24, 2.45) is 5.16 Å². The number of allylic oxidation sites excluding steroid dienone is 3. The molecule has 1 aromatic carbocycles. The summed E-state index contributed by atoms with van der Waals surface area (Å²) >= 11 is 6.33. The molecule has 1 aromatic rings. The summed E-state index contributed by atoms with van der Waals surface area (Å²) in [5.74, 6) is -1.95. The molecule has 11 heteroatoms. The minimum atomic E-state index is -0.798. The third kappa shape index (κ3) is 6.37. The predicted octanol–water partition coefficient (Wildman–Crippen LogP) is 2.48. The molecule has 1 amide bonds. The molecular formula is C25H29ClN2O8. The van der Waals surface area contributed by atoms with E-state index in [4.69, 9.17) is 25.9 Å². The number of aliphatic hydroxyl groups is 1. The Labute approximate surface area is 213 Å². The van der Waals surface area contributed by atoms with Gasteiger partial charge in [-0.1, -0.05) is 35.0 Å². The van der Waals surface area contributed by atoms with E-state index in [1.54, 1.807) is 30.1 Å². The Bertz CT molecular complexity index is 1090. The van der Waals surface area contributed by atoms with Crippen LogP contribution in [0.5, 0.6) is 11.5 Å². The Kier molecular flexibility index (Phi) is 8.17. The summed E-state index contributed by atoms with van der Waals surface area (Å²) in [6, 6.07) is 0.983. The minimum absolute atomic E-state index is 0.0877. The number of piperidine rings is 1. The van der Waals surface area contributed by atoms with E-state index in [2.05, 4.69) is 5.16 Å². The monoisotopic (exact) mass is 520 g/mol. The summed E-state index contributed by atoms with van der Waals surface area (Å²) in [7, 11) is 0. The van der Waals surface area contributed by atoms with Crippen LogP contribution in [-0.4, -0.2) is 81.9 Å². The molecule has 0 aromatic heterocycles. The highest BCUT2D eigenvalue weighted by molar-refractivity contribution is 6.33. The number of rotatable bonds is 3. The Hall–Kier alpha value is -3.08. The summed E-state index contributed by atoms with van der Waals surface area (Å²) in [5.41, 5.74) is 0.201. The van der Waals surface area contributed by atoms with Crippen molar-refractivity contribution in [3.63, 3.8) is 0 Å². The van der Waals surface area contributed by atoms with Crippen molar-refractivity contribution in [1.29, 1.82) is 0 Å². The van der Waals surface area contributed by atoms with Crippen molar-refractivity contribution >= 4 is 29.2 Å². The van der Waals surface area contributed by atoms with Gasteiger partial charge in [-0.2, -0.15) is 0 Å². The van der Waals surface area contributed by atoms with Crippen LogP contribution in [0.2, 0.25) is 5.02 Å². The van der Waals surface area contributed by atoms with Crippen LogP contribution >= 0.6 is 11.6 Å². The van der Waals surface area contributed by atoms with Crippen LogP contribution in [0.1, 0.15) is 42.1 Å². The molecule has 0 radical (unpaired) electrons. The van der Waals surface area contributed by atoms with Crippen LogP contribution in [0.3, 0.4) is 0 Å². The highest BCUT2D eigenvalue weighted by atomic mass is 35.5. The van der Waals surface area contributed by atoms with Gasteiger partial charge in [-0.25, -0.2) is 4.79 Å². The third-order valence-electron chi connectivity index (χ3n) is 6.26. The quantitative estimate of drug-likeness (QED) is 0.313. The van der Waals surface area contributed by atoms with Gasteiger partial charge in [-0.05, 0) is 31.4 Å². The van der Waals surface area contributed by atoms with E-state index in [0.717, 1.165) is 6.07 Å². The first-order valence-corrected chi connectivity index (χ1v) is 12.2. The average Bonchev–Trinajstić information content (AvgIpc) is 3.56. The fraction of sp³-hybridized carbons (Fsp3) is 0.480. The van der Waals surface area contributed by atoms with Crippen molar-refractivity contribution in [1.82, 2.24) is 4.90 Å². The van der Waals surface area contributed by atoms with E-state index in [1.807, 2.05) is 6.08 Å². The molecule has 0 unspecified atom stereocenters. The number of carbonyl (C=O) groups is 2. The number of ether oxygens (including phenoxy) is 2. The number of fused-ring (bicyclic) bond motifs is 2. The van der Waals surface area contributed by atoms with Crippen LogP contribution in [0.4, 0.5) is 0 Å². The molecule has 10 nitrogen and oxygen atoms in total. The van der Waals surface area contributed by atoms with Crippen LogP contribution in [0, 0.1) is 0 Å². The number of benzene rings is 1. The number of epoxide rings is 1. The molecule has 3 heterocycles. The van der Waals surface area contributed by atoms with Crippen molar-refractivity contribution in [3.8, 4) is 11.5 Å². The number of cyclic esters (lactones) is 1. The lowest BCUT2D eigenvalue weighted by molar-refractivity contribution is -0.138. The standard InChI is InChI=1S/C25H29ClN2O8/c1-14-10-21-20(36-21)5-3-2-4-15(27-34-13-22(32)28-8-6-16(29)7-9-28)11-17-23(25(33)35-14)18(30)12-19(31)24(17)26/h2-5,12,14,16,20-21,29-31H,6-11,13H2,1H3/b4-2+,5-3-,27-15+/t14-,20-,21-/m1/s1. The molecule has 0 bridgehead atoms. The molecule has 0 aliphatic carbocycles. The van der Waals surface area contributed by atoms with Gasteiger partial charge in [0.2, 0.25) is 0 Å². The Morgan fingerprint density at radius 3 is 2.75 bits per heavy atom. The second kappa shape index (κ2) is 11.3. The molecule has 4 rings (SSSR count). The van der Waals surface area contributed by atoms with Crippen molar-refractivity contribution in [3.05, 3.63) is 46.5 Å². The Morgan fingerprint density at radius 1 is 1.25 bits per heavy atom. The first-order chi connectivity index (χ1) is 17.2. The van der Waals surface area contributed by atoms with Gasteiger partial charge in [0.25, 0.3) is 5.91 Å². The molecule has 0 spiro atoms. The van der Waals surface area contributed by atoms with Crippen LogP contribution < -0.4 is 0 Å². The minimum Gasteiger partial charge on any atom is -0.507 e. The number of aromatic hydroxyl groups is 2. The van der Waals surface area contributed by atoms with Gasteiger partial charge in [0.05, 0.1) is 22.9 Å². The molecule has 36 heavy (non-hydrogen) atoms. The van der Waals surface area contributed by atoms with Gasteiger partial charge in [-0.3, -0.25) is 4.79 Å². The topological polar surface area (TPSA) is 141 Å².